The maximum atomic E-state index is 12.0. The lowest BCUT2D eigenvalue weighted by molar-refractivity contribution is -0.135. The van der Waals surface area contributed by atoms with Crippen LogP contribution in [0.4, 0.5) is 5.82 Å². The molecular formula is C13H21N5O4S. The lowest BCUT2D eigenvalue weighted by atomic mass is 9.88. The average Bonchev–Trinajstić information content (AvgIpc) is 2.46. The van der Waals surface area contributed by atoms with E-state index in [2.05, 4.69) is 20.0 Å². The normalized spacial score (nSPS) is 20.6. The largest absolute Gasteiger partial charge is 0.381 e. The van der Waals surface area contributed by atoms with Crippen molar-refractivity contribution >= 4 is 21.7 Å². The van der Waals surface area contributed by atoms with E-state index < -0.39 is 10.0 Å². The maximum absolute atomic E-state index is 12.0. The van der Waals surface area contributed by atoms with Gasteiger partial charge in [-0.3, -0.25) is 19.8 Å². The third-order valence-corrected chi connectivity index (χ3v) is 4.84. The van der Waals surface area contributed by atoms with Crippen molar-refractivity contribution < 1.29 is 17.9 Å². The highest BCUT2D eigenvalue weighted by atomic mass is 32.2. The van der Waals surface area contributed by atoms with E-state index in [1.54, 1.807) is 19.1 Å². The number of aromatic nitrogens is 2. The highest BCUT2D eigenvalue weighted by molar-refractivity contribution is 7.92. The summed E-state index contributed by atoms with van der Waals surface area (Å²) in [5, 5.41) is 2.63. The zero-order valence-electron chi connectivity index (χ0n) is 13.1. The van der Waals surface area contributed by atoms with Crippen molar-refractivity contribution in [3.05, 3.63) is 18.6 Å². The first-order valence-corrected chi connectivity index (χ1v) is 8.82. The summed E-state index contributed by atoms with van der Waals surface area (Å²) in [6.45, 7) is -0.0496. The number of amides is 1. The molecule has 2 N–H and O–H groups in total. The second-order valence-electron chi connectivity index (χ2n) is 5.37. The van der Waals surface area contributed by atoms with Gasteiger partial charge in [0.05, 0.1) is 18.8 Å². The van der Waals surface area contributed by atoms with Gasteiger partial charge < -0.3 is 9.64 Å². The zero-order valence-corrected chi connectivity index (χ0v) is 13.9. The number of likely N-dealkylation sites (N-methyl/N-ethyl adjacent to an activating group) is 1. The van der Waals surface area contributed by atoms with Crippen molar-refractivity contribution in [1.82, 2.24) is 20.2 Å². The molecule has 0 aromatic carbocycles. The number of carbonyl (C=O) groups is 1. The average molecular weight is 343 g/mol. The molecule has 1 aliphatic carbocycles. The molecule has 1 aliphatic rings. The van der Waals surface area contributed by atoms with Gasteiger partial charge in [0.2, 0.25) is 15.9 Å². The molecule has 0 spiro atoms. The van der Waals surface area contributed by atoms with E-state index in [1.165, 1.54) is 18.6 Å². The number of hydrogen-bond acceptors (Lipinski definition) is 7. The van der Waals surface area contributed by atoms with Crippen LogP contribution in [0, 0.1) is 0 Å². The molecule has 0 bridgehead atoms. The quantitative estimate of drug-likeness (QED) is 0.648. The van der Waals surface area contributed by atoms with E-state index in [0.717, 1.165) is 12.8 Å². The summed E-state index contributed by atoms with van der Waals surface area (Å²) in [5.74, 6) is -0.397. The topological polar surface area (TPSA) is 114 Å². The summed E-state index contributed by atoms with van der Waals surface area (Å²) >= 11 is 0. The Labute approximate surface area is 135 Å². The van der Waals surface area contributed by atoms with Gasteiger partial charge in [-0.1, -0.05) is 0 Å². The smallest absolute Gasteiger partial charge is 0.247 e. The molecule has 1 aromatic rings. The van der Waals surface area contributed by atoms with E-state index in [1.807, 2.05) is 0 Å². The van der Waals surface area contributed by atoms with Crippen molar-refractivity contribution in [2.45, 2.75) is 25.0 Å². The molecule has 0 saturated heterocycles. The number of carbonyl (C=O) groups excluding carboxylic acids is 1. The van der Waals surface area contributed by atoms with E-state index in [0.29, 0.717) is 0 Å². The SMILES string of the molecule is COC1CC(N(C)C(=O)CNCS(=O)(=O)Nc2cnccn2)C1. The fourth-order valence-corrected chi connectivity index (χ4v) is 3.08. The Morgan fingerprint density at radius 1 is 1.43 bits per heavy atom. The summed E-state index contributed by atoms with van der Waals surface area (Å²) in [6.07, 6.45) is 5.96. The van der Waals surface area contributed by atoms with Crippen LogP contribution in [-0.4, -0.2) is 67.9 Å². The van der Waals surface area contributed by atoms with Crippen LogP contribution >= 0.6 is 0 Å². The van der Waals surface area contributed by atoms with Crippen LogP contribution in [0.15, 0.2) is 18.6 Å². The monoisotopic (exact) mass is 343 g/mol. The minimum absolute atomic E-state index is 0.0496. The van der Waals surface area contributed by atoms with Crippen LogP contribution in [0.2, 0.25) is 0 Å². The summed E-state index contributed by atoms with van der Waals surface area (Å²) in [6, 6.07) is 0.156. The second-order valence-corrected chi connectivity index (χ2v) is 7.09. The molecule has 1 heterocycles. The third-order valence-electron chi connectivity index (χ3n) is 3.74. The van der Waals surface area contributed by atoms with Gasteiger partial charge in [0.25, 0.3) is 0 Å². The number of ether oxygens (including phenoxy) is 1. The number of nitrogens with zero attached hydrogens (tertiary/aromatic N) is 3. The summed E-state index contributed by atoms with van der Waals surface area (Å²) < 4.78 is 31.2. The lowest BCUT2D eigenvalue weighted by Gasteiger charge is -2.40. The van der Waals surface area contributed by atoms with Gasteiger partial charge in [-0.05, 0) is 12.8 Å². The van der Waals surface area contributed by atoms with Crippen LogP contribution in [0.1, 0.15) is 12.8 Å². The molecule has 1 amide bonds. The number of hydrogen-bond donors (Lipinski definition) is 2. The van der Waals surface area contributed by atoms with Gasteiger partial charge in [0.15, 0.2) is 5.82 Å². The molecule has 2 rings (SSSR count). The van der Waals surface area contributed by atoms with Gasteiger partial charge in [-0.25, -0.2) is 13.4 Å². The number of nitrogens with one attached hydrogen (secondary N) is 2. The summed E-state index contributed by atoms with van der Waals surface area (Å²) in [4.78, 5) is 21.2. The summed E-state index contributed by atoms with van der Waals surface area (Å²) in [5.41, 5.74) is 0. The van der Waals surface area contributed by atoms with Gasteiger partial charge in [-0.2, -0.15) is 0 Å². The van der Waals surface area contributed by atoms with Crippen LogP contribution in [0.25, 0.3) is 0 Å². The number of sulfonamides is 1. The minimum Gasteiger partial charge on any atom is -0.381 e. The van der Waals surface area contributed by atoms with E-state index in [-0.39, 0.29) is 36.3 Å². The molecule has 1 saturated carbocycles. The molecule has 9 nitrogen and oxygen atoms in total. The van der Waals surface area contributed by atoms with Gasteiger partial charge in [-0.15, -0.1) is 0 Å². The molecule has 1 fully saturated rings. The molecule has 0 atom stereocenters. The highest BCUT2D eigenvalue weighted by Gasteiger charge is 2.33. The van der Waals surface area contributed by atoms with Crippen LogP contribution in [0.5, 0.6) is 0 Å². The molecule has 1 aromatic heterocycles. The third kappa shape index (κ3) is 5.12. The number of methoxy groups -OCH3 is 1. The summed E-state index contributed by atoms with van der Waals surface area (Å²) in [7, 11) is -0.268. The Hall–Kier alpha value is -1.78. The van der Waals surface area contributed by atoms with Gasteiger partial charge >= 0.3 is 0 Å². The van der Waals surface area contributed by atoms with Crippen molar-refractivity contribution in [2.75, 3.05) is 31.3 Å². The van der Waals surface area contributed by atoms with Crippen molar-refractivity contribution in [1.29, 1.82) is 0 Å². The Morgan fingerprint density at radius 3 is 2.78 bits per heavy atom. The van der Waals surface area contributed by atoms with E-state index in [9.17, 15) is 13.2 Å². The molecule has 0 aliphatic heterocycles. The Kier molecular flexibility index (Phi) is 5.85. The fraction of sp³-hybridized carbons (Fsp3) is 0.615. The van der Waals surface area contributed by atoms with E-state index in [4.69, 9.17) is 4.74 Å². The number of anilines is 1. The second kappa shape index (κ2) is 7.66. The lowest BCUT2D eigenvalue weighted by Crippen LogP contribution is -2.50. The Balaban J connectivity index is 1.72. The molecule has 128 valence electrons. The van der Waals surface area contributed by atoms with Gasteiger partial charge in [0, 0.05) is 32.6 Å². The fourth-order valence-electron chi connectivity index (χ4n) is 2.21. The Bertz CT molecular complexity index is 619. The first-order chi connectivity index (χ1) is 10.9. The predicted octanol–water partition coefficient (Wildman–Crippen LogP) is -0.599. The molecule has 10 heteroatoms. The molecule has 23 heavy (non-hydrogen) atoms. The van der Waals surface area contributed by atoms with Gasteiger partial charge in [0.1, 0.15) is 5.88 Å². The van der Waals surface area contributed by atoms with Crippen LogP contribution in [0.3, 0.4) is 0 Å². The van der Waals surface area contributed by atoms with Crippen molar-refractivity contribution in [3.8, 4) is 0 Å². The molecular weight excluding hydrogens is 322 g/mol. The molecule has 0 unspecified atom stereocenters. The zero-order chi connectivity index (χ0) is 16.9. The maximum Gasteiger partial charge on any atom is 0.247 e. The van der Waals surface area contributed by atoms with Crippen molar-refractivity contribution in [2.24, 2.45) is 0 Å². The Morgan fingerprint density at radius 2 is 2.17 bits per heavy atom. The van der Waals surface area contributed by atoms with Crippen molar-refractivity contribution in [3.63, 3.8) is 0 Å². The first-order valence-electron chi connectivity index (χ1n) is 7.17. The standard InChI is InChI=1S/C13H21N5O4S/c1-18(10-5-11(6-10)22-2)13(19)8-15-9-23(20,21)17-12-7-14-3-4-16-12/h3-4,7,10-11,15H,5-6,8-9H2,1-2H3,(H,16,17). The first kappa shape index (κ1) is 17.6. The van der Waals surface area contributed by atoms with Crippen LogP contribution < -0.4 is 10.0 Å². The highest BCUT2D eigenvalue weighted by Crippen LogP contribution is 2.26. The van der Waals surface area contributed by atoms with Crippen LogP contribution in [-0.2, 0) is 19.6 Å². The number of rotatable bonds is 8. The predicted molar refractivity (Wildman–Crippen MR) is 84.0 cm³/mol. The minimum atomic E-state index is -3.63. The molecule has 0 radical (unpaired) electrons. The van der Waals surface area contributed by atoms with E-state index >= 15 is 0 Å².